The van der Waals surface area contributed by atoms with E-state index in [9.17, 15) is 14.0 Å². The average Bonchev–Trinajstić information content (AvgIpc) is 2.85. The monoisotopic (exact) mass is 520 g/mol. The van der Waals surface area contributed by atoms with Gasteiger partial charge >= 0.3 is 5.97 Å². The van der Waals surface area contributed by atoms with Crippen molar-refractivity contribution >= 4 is 44.4 Å². The highest BCUT2D eigenvalue weighted by atomic mass is 79.9. The van der Waals surface area contributed by atoms with Gasteiger partial charge in [-0.25, -0.2) is 14.2 Å². The minimum Gasteiger partial charge on any atom is -0.465 e. The van der Waals surface area contributed by atoms with Crippen LogP contribution >= 0.6 is 15.9 Å². The van der Waals surface area contributed by atoms with E-state index in [1.807, 2.05) is 55.5 Å². The summed E-state index contributed by atoms with van der Waals surface area (Å²) >= 11 is 3.49. The van der Waals surface area contributed by atoms with E-state index in [2.05, 4.69) is 26.0 Å². The number of hydrogen-bond donors (Lipinski definition) is 1. The lowest BCUT2D eigenvalue weighted by Crippen LogP contribution is -2.17. The van der Waals surface area contributed by atoms with Crippen LogP contribution in [0.15, 0.2) is 71.2 Å². The number of carbonyl (C=O) groups excluding carboxylic acids is 2. The zero-order valence-electron chi connectivity index (χ0n) is 18.7. The third-order valence-electron chi connectivity index (χ3n) is 5.46. The number of carbonyl (C=O) groups is 2. The molecule has 0 fully saturated rings. The molecule has 0 saturated heterocycles. The molecule has 1 heterocycles. The molecule has 0 aliphatic heterocycles. The summed E-state index contributed by atoms with van der Waals surface area (Å²) in [5.41, 5.74) is 3.57. The number of amides is 1. The molecule has 7 heteroatoms. The third kappa shape index (κ3) is 4.70. The second-order valence-corrected chi connectivity index (χ2v) is 8.65. The van der Waals surface area contributed by atoms with Gasteiger partial charge in [-0.15, -0.1) is 0 Å². The topological polar surface area (TPSA) is 68.3 Å². The number of hydrogen-bond acceptors (Lipinski definition) is 4. The summed E-state index contributed by atoms with van der Waals surface area (Å²) in [7, 11) is 1.22. The summed E-state index contributed by atoms with van der Waals surface area (Å²) in [5, 5.41) is 3.36. The molecule has 0 saturated carbocycles. The molecule has 0 bridgehead atoms. The Labute approximate surface area is 205 Å². The van der Waals surface area contributed by atoms with Crippen LogP contribution in [0.1, 0.15) is 39.6 Å². The van der Waals surface area contributed by atoms with Crippen molar-refractivity contribution in [2.24, 2.45) is 0 Å². The van der Waals surface area contributed by atoms with E-state index in [1.165, 1.54) is 19.2 Å². The molecule has 0 radical (unpaired) electrons. The van der Waals surface area contributed by atoms with Gasteiger partial charge in [0.05, 0.1) is 35.1 Å². The molecule has 1 amide bonds. The highest BCUT2D eigenvalue weighted by molar-refractivity contribution is 9.10. The van der Waals surface area contributed by atoms with Gasteiger partial charge in [-0.3, -0.25) is 4.79 Å². The highest BCUT2D eigenvalue weighted by Gasteiger charge is 2.22. The molecule has 34 heavy (non-hydrogen) atoms. The average molecular weight is 521 g/mol. The maximum absolute atomic E-state index is 14.8. The van der Waals surface area contributed by atoms with E-state index < -0.39 is 17.7 Å². The fourth-order valence-corrected chi connectivity index (χ4v) is 4.27. The standard InChI is InChI=1S/C27H22BrFN2O3/c1-3-7-19-24(26(32)31-23-12-10-17(14-21(23)29)27(33)34-2)20-15-18(28)11-13-22(20)30-25(19)16-8-5-4-6-9-16/h4-6,8-15H,3,7H2,1-2H3,(H,31,32). The first kappa shape index (κ1) is 23.6. The second-order valence-electron chi connectivity index (χ2n) is 7.73. The predicted molar refractivity (Wildman–Crippen MR) is 135 cm³/mol. The van der Waals surface area contributed by atoms with Crippen molar-refractivity contribution in [1.82, 2.24) is 4.98 Å². The summed E-state index contributed by atoms with van der Waals surface area (Å²) in [6.45, 7) is 2.03. The van der Waals surface area contributed by atoms with Crippen LogP contribution in [0.25, 0.3) is 22.2 Å². The normalized spacial score (nSPS) is 10.8. The fraction of sp³-hybridized carbons (Fsp3) is 0.148. The van der Waals surface area contributed by atoms with Gasteiger partial charge in [-0.05, 0) is 48.4 Å². The Morgan fingerprint density at radius 1 is 1.06 bits per heavy atom. The molecular weight excluding hydrogens is 499 g/mol. The summed E-state index contributed by atoms with van der Waals surface area (Å²) in [6, 6.07) is 19.1. The molecule has 0 aliphatic carbocycles. The van der Waals surface area contributed by atoms with Gasteiger partial charge in [0.15, 0.2) is 0 Å². The SMILES string of the molecule is CCCc1c(-c2ccccc2)nc2ccc(Br)cc2c1C(=O)Nc1ccc(C(=O)OC)cc1F. The Morgan fingerprint density at radius 2 is 1.82 bits per heavy atom. The lowest BCUT2D eigenvalue weighted by atomic mass is 9.93. The van der Waals surface area contributed by atoms with Crippen molar-refractivity contribution in [1.29, 1.82) is 0 Å². The Bertz CT molecular complexity index is 1390. The first-order valence-electron chi connectivity index (χ1n) is 10.8. The van der Waals surface area contributed by atoms with Crippen molar-refractivity contribution in [2.45, 2.75) is 19.8 Å². The van der Waals surface area contributed by atoms with Gasteiger partial charge in [0, 0.05) is 15.4 Å². The lowest BCUT2D eigenvalue weighted by molar-refractivity contribution is 0.0600. The first-order valence-corrected chi connectivity index (χ1v) is 11.6. The number of benzene rings is 3. The van der Waals surface area contributed by atoms with Crippen LogP contribution in [0.3, 0.4) is 0 Å². The van der Waals surface area contributed by atoms with Gasteiger partial charge in [0.2, 0.25) is 0 Å². The summed E-state index contributed by atoms with van der Waals surface area (Å²) in [6.07, 6.45) is 1.41. The van der Waals surface area contributed by atoms with Crippen molar-refractivity contribution in [3.05, 3.63) is 93.7 Å². The van der Waals surface area contributed by atoms with Crippen LogP contribution in [0.2, 0.25) is 0 Å². The Morgan fingerprint density at radius 3 is 2.50 bits per heavy atom. The van der Waals surface area contributed by atoms with Crippen molar-refractivity contribution in [3.8, 4) is 11.3 Å². The molecule has 172 valence electrons. The number of pyridine rings is 1. The number of esters is 1. The number of fused-ring (bicyclic) bond motifs is 1. The van der Waals surface area contributed by atoms with Crippen LogP contribution < -0.4 is 5.32 Å². The number of rotatable bonds is 6. The molecular formula is C27H22BrFN2O3. The molecule has 4 aromatic rings. The fourth-order valence-electron chi connectivity index (χ4n) is 3.91. The molecule has 3 aromatic carbocycles. The Kier molecular flexibility index (Phi) is 7.03. The first-order chi connectivity index (χ1) is 16.4. The Balaban J connectivity index is 1.88. The van der Waals surface area contributed by atoms with Gasteiger partial charge in [-0.1, -0.05) is 59.6 Å². The number of nitrogens with zero attached hydrogens (tertiary/aromatic N) is 1. The van der Waals surface area contributed by atoms with Crippen LogP contribution in [0.5, 0.6) is 0 Å². The van der Waals surface area contributed by atoms with Crippen LogP contribution in [0.4, 0.5) is 10.1 Å². The summed E-state index contributed by atoms with van der Waals surface area (Å²) in [4.78, 5) is 30.2. The maximum atomic E-state index is 14.8. The molecule has 1 N–H and O–H groups in total. The van der Waals surface area contributed by atoms with E-state index in [0.717, 1.165) is 33.8 Å². The number of nitrogens with one attached hydrogen (secondary N) is 1. The molecule has 5 nitrogen and oxygen atoms in total. The highest BCUT2D eigenvalue weighted by Crippen LogP contribution is 2.33. The van der Waals surface area contributed by atoms with E-state index in [1.54, 1.807) is 0 Å². The predicted octanol–water partition coefficient (Wildman–Crippen LogP) is 6.79. The number of methoxy groups -OCH3 is 1. The second kappa shape index (κ2) is 10.1. The van der Waals surface area contributed by atoms with Crippen LogP contribution in [-0.2, 0) is 11.2 Å². The van der Waals surface area contributed by atoms with Gasteiger partial charge in [-0.2, -0.15) is 0 Å². The lowest BCUT2D eigenvalue weighted by Gasteiger charge is -2.18. The smallest absolute Gasteiger partial charge is 0.337 e. The zero-order valence-corrected chi connectivity index (χ0v) is 20.3. The zero-order chi connectivity index (χ0) is 24.2. The minimum absolute atomic E-state index is 0.0266. The molecule has 0 unspecified atom stereocenters. The summed E-state index contributed by atoms with van der Waals surface area (Å²) < 4.78 is 20.2. The van der Waals surface area contributed by atoms with E-state index in [4.69, 9.17) is 4.98 Å². The van der Waals surface area contributed by atoms with E-state index >= 15 is 0 Å². The maximum Gasteiger partial charge on any atom is 0.337 e. The molecule has 0 spiro atoms. The Hall–Kier alpha value is -3.58. The minimum atomic E-state index is -0.726. The van der Waals surface area contributed by atoms with E-state index in [-0.39, 0.29) is 11.3 Å². The number of halogens is 2. The van der Waals surface area contributed by atoms with Crippen LogP contribution in [0, 0.1) is 5.82 Å². The van der Waals surface area contributed by atoms with Crippen molar-refractivity contribution in [2.75, 3.05) is 12.4 Å². The van der Waals surface area contributed by atoms with Gasteiger partial charge in [0.25, 0.3) is 5.91 Å². The molecule has 4 rings (SSSR count). The quantitative estimate of drug-likeness (QED) is 0.284. The van der Waals surface area contributed by atoms with Gasteiger partial charge in [0.1, 0.15) is 5.82 Å². The van der Waals surface area contributed by atoms with Crippen molar-refractivity contribution < 1.29 is 18.7 Å². The van der Waals surface area contributed by atoms with Crippen molar-refractivity contribution in [3.63, 3.8) is 0 Å². The summed E-state index contributed by atoms with van der Waals surface area (Å²) in [5.74, 6) is -1.83. The molecule has 0 aliphatic rings. The number of ether oxygens (including phenoxy) is 1. The third-order valence-corrected chi connectivity index (χ3v) is 5.95. The van der Waals surface area contributed by atoms with Crippen LogP contribution in [-0.4, -0.2) is 24.0 Å². The van der Waals surface area contributed by atoms with Gasteiger partial charge < -0.3 is 10.1 Å². The molecule has 0 atom stereocenters. The largest absolute Gasteiger partial charge is 0.465 e. The molecule has 1 aromatic heterocycles. The number of aromatic nitrogens is 1. The van der Waals surface area contributed by atoms with E-state index in [0.29, 0.717) is 22.9 Å². The number of anilines is 1.